The monoisotopic (exact) mass is 242 g/mol. The molecule has 92 valence electrons. The highest BCUT2D eigenvalue weighted by atomic mass is 16.5. The van der Waals surface area contributed by atoms with Gasteiger partial charge in [0.2, 0.25) is 0 Å². The van der Waals surface area contributed by atoms with Crippen LogP contribution in [0.1, 0.15) is 18.7 Å². The Hall–Kier alpha value is -2.17. The zero-order valence-electron chi connectivity index (χ0n) is 10.1. The molecular formula is C13H14N4O. The molecule has 2 aromatic rings. The van der Waals surface area contributed by atoms with E-state index < -0.39 is 0 Å². The summed E-state index contributed by atoms with van der Waals surface area (Å²) < 4.78 is 5.15. The third kappa shape index (κ3) is 2.25. The highest BCUT2D eigenvalue weighted by Gasteiger charge is 2.12. The Balaban J connectivity index is 1.80. The van der Waals surface area contributed by atoms with Gasteiger partial charge in [0.1, 0.15) is 5.82 Å². The van der Waals surface area contributed by atoms with Crippen LogP contribution in [0.15, 0.2) is 35.0 Å². The molecule has 2 heterocycles. The van der Waals surface area contributed by atoms with Crippen LogP contribution >= 0.6 is 0 Å². The van der Waals surface area contributed by atoms with Crippen LogP contribution in [0.3, 0.4) is 0 Å². The Bertz CT molecular complexity index is 568. The van der Waals surface area contributed by atoms with Gasteiger partial charge in [-0.2, -0.15) is 4.98 Å². The van der Waals surface area contributed by atoms with E-state index in [1.54, 1.807) is 13.1 Å². The van der Waals surface area contributed by atoms with E-state index in [9.17, 15) is 0 Å². The van der Waals surface area contributed by atoms with Crippen LogP contribution in [0.25, 0.3) is 11.5 Å². The van der Waals surface area contributed by atoms with Crippen molar-refractivity contribution in [1.82, 2.24) is 15.1 Å². The molecule has 0 aliphatic heterocycles. The van der Waals surface area contributed by atoms with Gasteiger partial charge in [-0.3, -0.25) is 0 Å². The van der Waals surface area contributed by atoms with Gasteiger partial charge in [0, 0.05) is 17.8 Å². The second kappa shape index (κ2) is 4.60. The number of hydrogen-bond acceptors (Lipinski definition) is 5. The summed E-state index contributed by atoms with van der Waals surface area (Å²) in [6, 6.07) is 4.24. The average molecular weight is 242 g/mol. The highest BCUT2D eigenvalue weighted by molar-refractivity contribution is 5.58. The first-order valence-corrected chi connectivity index (χ1v) is 5.99. The van der Waals surface area contributed by atoms with Gasteiger partial charge in [0.15, 0.2) is 5.82 Å². The number of hydrogen-bond donors (Lipinski definition) is 1. The minimum Gasteiger partial charge on any atom is -0.367 e. The fourth-order valence-electron chi connectivity index (χ4n) is 2.00. The second-order valence-electron chi connectivity index (χ2n) is 4.36. The smallest absolute Gasteiger partial charge is 0.258 e. The van der Waals surface area contributed by atoms with Gasteiger partial charge >= 0.3 is 0 Å². The zero-order valence-corrected chi connectivity index (χ0v) is 10.1. The molecule has 3 rings (SSSR count). The van der Waals surface area contributed by atoms with Crippen LogP contribution < -0.4 is 5.32 Å². The number of nitrogens with zero attached hydrogens (tertiary/aromatic N) is 3. The minimum atomic E-state index is 0.442. The summed E-state index contributed by atoms with van der Waals surface area (Å²) in [6.07, 6.45) is 8.21. The molecule has 2 aromatic heterocycles. The van der Waals surface area contributed by atoms with Crippen LogP contribution in [0.4, 0.5) is 5.82 Å². The van der Waals surface area contributed by atoms with Crippen molar-refractivity contribution < 1.29 is 4.52 Å². The van der Waals surface area contributed by atoms with Gasteiger partial charge < -0.3 is 9.84 Å². The number of pyridine rings is 1. The van der Waals surface area contributed by atoms with E-state index in [1.165, 1.54) is 0 Å². The van der Waals surface area contributed by atoms with E-state index in [1.807, 2.05) is 12.1 Å². The molecule has 0 unspecified atom stereocenters. The Morgan fingerprint density at radius 1 is 1.33 bits per heavy atom. The number of rotatable bonds is 3. The summed E-state index contributed by atoms with van der Waals surface area (Å²) in [5.41, 5.74) is 0.888. The van der Waals surface area contributed by atoms with Crippen molar-refractivity contribution in [2.45, 2.75) is 25.8 Å². The number of anilines is 1. The maximum atomic E-state index is 5.15. The van der Waals surface area contributed by atoms with Crippen molar-refractivity contribution in [1.29, 1.82) is 0 Å². The summed E-state index contributed by atoms with van der Waals surface area (Å²) in [6.45, 7) is 1.80. The molecule has 0 radical (unpaired) electrons. The van der Waals surface area contributed by atoms with E-state index >= 15 is 0 Å². The quantitative estimate of drug-likeness (QED) is 0.838. The number of aryl methyl sites for hydroxylation is 1. The first-order chi connectivity index (χ1) is 8.81. The molecular weight excluding hydrogens is 228 g/mol. The zero-order chi connectivity index (χ0) is 12.4. The number of nitrogens with one attached hydrogen (secondary N) is 1. The molecule has 0 atom stereocenters. The lowest BCUT2D eigenvalue weighted by molar-refractivity contribution is 0.425. The van der Waals surface area contributed by atoms with Gasteiger partial charge in [-0.25, -0.2) is 4.98 Å². The first-order valence-electron chi connectivity index (χ1n) is 5.99. The van der Waals surface area contributed by atoms with E-state index in [4.69, 9.17) is 4.52 Å². The van der Waals surface area contributed by atoms with Crippen LogP contribution in [-0.4, -0.2) is 21.2 Å². The lowest BCUT2D eigenvalue weighted by Crippen LogP contribution is -2.15. The summed E-state index contributed by atoms with van der Waals surface area (Å²) in [4.78, 5) is 8.51. The molecule has 0 fully saturated rings. The molecule has 0 saturated heterocycles. The maximum absolute atomic E-state index is 5.15. The second-order valence-corrected chi connectivity index (χ2v) is 4.36. The predicted molar refractivity (Wildman–Crippen MR) is 68.1 cm³/mol. The lowest BCUT2D eigenvalue weighted by atomic mass is 10.2. The van der Waals surface area contributed by atoms with Gasteiger partial charge in [-0.05, 0) is 31.9 Å². The third-order valence-electron chi connectivity index (χ3n) is 2.89. The maximum Gasteiger partial charge on any atom is 0.258 e. The molecule has 1 aliphatic rings. The van der Waals surface area contributed by atoms with E-state index in [-0.39, 0.29) is 0 Å². The van der Waals surface area contributed by atoms with Gasteiger partial charge in [0.25, 0.3) is 5.89 Å². The van der Waals surface area contributed by atoms with Crippen molar-refractivity contribution in [2.24, 2.45) is 0 Å². The van der Waals surface area contributed by atoms with Crippen molar-refractivity contribution >= 4 is 5.82 Å². The molecule has 0 spiro atoms. The molecule has 1 N–H and O–H groups in total. The largest absolute Gasteiger partial charge is 0.367 e. The molecule has 1 aliphatic carbocycles. The fourth-order valence-corrected chi connectivity index (χ4v) is 2.00. The molecule has 0 aromatic carbocycles. The number of aromatic nitrogens is 3. The average Bonchev–Trinajstić information content (AvgIpc) is 3.01. The molecule has 5 nitrogen and oxygen atoms in total. The standard InChI is InChI=1S/C13H14N4O/c1-9-15-13(18-17-9)10-6-7-14-12(8-10)16-11-4-2-3-5-11/h2-3,6-8,11H,4-5H2,1H3,(H,14,16). The SMILES string of the molecule is Cc1noc(-c2ccnc(NC3CC=CC3)c2)n1. The normalized spacial score (nSPS) is 15.2. The molecule has 18 heavy (non-hydrogen) atoms. The third-order valence-corrected chi connectivity index (χ3v) is 2.89. The highest BCUT2D eigenvalue weighted by Crippen LogP contribution is 2.21. The fraction of sp³-hybridized carbons (Fsp3) is 0.308. The van der Waals surface area contributed by atoms with E-state index in [0.29, 0.717) is 17.8 Å². The Morgan fingerprint density at radius 3 is 2.89 bits per heavy atom. The van der Waals surface area contributed by atoms with Crippen LogP contribution in [0.2, 0.25) is 0 Å². The van der Waals surface area contributed by atoms with Crippen LogP contribution in [0, 0.1) is 6.92 Å². The van der Waals surface area contributed by atoms with Crippen molar-refractivity contribution in [3.8, 4) is 11.5 Å². The molecule has 0 amide bonds. The molecule has 5 heteroatoms. The summed E-state index contributed by atoms with van der Waals surface area (Å²) in [5.74, 6) is 2.01. The predicted octanol–water partition coefficient (Wildman–Crippen LogP) is 2.57. The van der Waals surface area contributed by atoms with Gasteiger partial charge in [0.05, 0.1) is 0 Å². The first kappa shape index (κ1) is 11.0. The van der Waals surface area contributed by atoms with E-state index in [2.05, 4.69) is 32.6 Å². The van der Waals surface area contributed by atoms with Crippen molar-refractivity contribution in [3.63, 3.8) is 0 Å². The Labute approximate surface area is 105 Å². The Kier molecular flexibility index (Phi) is 2.80. The summed E-state index contributed by atoms with van der Waals surface area (Å²) in [5, 5.41) is 7.18. The van der Waals surface area contributed by atoms with Crippen LogP contribution in [-0.2, 0) is 0 Å². The molecule has 0 bridgehead atoms. The van der Waals surface area contributed by atoms with Gasteiger partial charge in [-0.15, -0.1) is 0 Å². The topological polar surface area (TPSA) is 63.8 Å². The molecule has 0 saturated carbocycles. The minimum absolute atomic E-state index is 0.442. The lowest BCUT2D eigenvalue weighted by Gasteiger charge is -2.12. The Morgan fingerprint density at radius 2 is 2.17 bits per heavy atom. The summed E-state index contributed by atoms with van der Waals surface area (Å²) in [7, 11) is 0. The summed E-state index contributed by atoms with van der Waals surface area (Å²) >= 11 is 0. The van der Waals surface area contributed by atoms with Gasteiger partial charge in [-0.1, -0.05) is 17.3 Å². The van der Waals surface area contributed by atoms with E-state index in [0.717, 1.165) is 24.2 Å². The van der Waals surface area contributed by atoms with Crippen molar-refractivity contribution in [2.75, 3.05) is 5.32 Å². The van der Waals surface area contributed by atoms with Crippen molar-refractivity contribution in [3.05, 3.63) is 36.3 Å². The van der Waals surface area contributed by atoms with Crippen LogP contribution in [0.5, 0.6) is 0 Å².